The van der Waals surface area contributed by atoms with E-state index in [0.29, 0.717) is 13.0 Å². The molecule has 0 saturated carbocycles. The van der Waals surface area contributed by atoms with Crippen molar-refractivity contribution in [3.8, 4) is 0 Å². The fourth-order valence-corrected chi connectivity index (χ4v) is 1.96. The van der Waals surface area contributed by atoms with E-state index in [2.05, 4.69) is 15.2 Å². The monoisotopic (exact) mass is 236 g/mol. The molecule has 0 radical (unpaired) electrons. The van der Waals surface area contributed by atoms with Crippen molar-refractivity contribution in [1.82, 2.24) is 20.1 Å². The summed E-state index contributed by atoms with van der Waals surface area (Å²) in [6, 6.07) is -1.42. The number of hydrogen-bond acceptors (Lipinski definition) is 3. The van der Waals surface area contributed by atoms with Gasteiger partial charge < -0.3 is 0 Å². The van der Waals surface area contributed by atoms with E-state index in [0.717, 1.165) is 0 Å². The number of hydrogen-bond donors (Lipinski definition) is 2. The molecule has 1 aliphatic rings. The minimum Gasteiger partial charge on any atom is -0.292 e. The van der Waals surface area contributed by atoms with Crippen LogP contribution in [0, 0.1) is 0 Å². The number of nitrogens with one attached hydrogen (secondary N) is 2. The van der Waals surface area contributed by atoms with Crippen molar-refractivity contribution in [2.24, 2.45) is 0 Å². The maximum absolute atomic E-state index is 12.6. The van der Waals surface area contributed by atoms with Gasteiger partial charge in [0.15, 0.2) is 0 Å². The van der Waals surface area contributed by atoms with E-state index in [4.69, 9.17) is 0 Å². The first-order chi connectivity index (χ1) is 7.47. The van der Waals surface area contributed by atoms with Crippen molar-refractivity contribution in [3.63, 3.8) is 0 Å². The van der Waals surface area contributed by atoms with Crippen LogP contribution in [-0.2, 0) is 6.54 Å². The molecule has 2 N–H and O–H groups in total. The predicted molar refractivity (Wildman–Crippen MR) is 48.7 cm³/mol. The summed E-state index contributed by atoms with van der Waals surface area (Å²) in [5.74, 6) is 0.237. The van der Waals surface area contributed by atoms with Crippen molar-refractivity contribution in [2.75, 3.05) is 6.54 Å². The van der Waals surface area contributed by atoms with Gasteiger partial charge in [-0.3, -0.25) is 9.88 Å². The van der Waals surface area contributed by atoms with Crippen LogP contribution in [0.4, 0.5) is 13.2 Å². The minimum atomic E-state index is -4.22. The molecule has 1 atom stereocenters. The maximum Gasteiger partial charge on any atom is 0.404 e. The Balaban J connectivity index is 2.07. The summed E-state index contributed by atoms with van der Waals surface area (Å²) in [5.41, 5.74) is -0.502. The lowest BCUT2D eigenvalue weighted by atomic mass is 10.2. The molecule has 8 heteroatoms. The van der Waals surface area contributed by atoms with Crippen LogP contribution in [0.5, 0.6) is 0 Å². The highest BCUT2D eigenvalue weighted by molar-refractivity contribution is 4.89. The van der Waals surface area contributed by atoms with Gasteiger partial charge in [0.1, 0.15) is 11.9 Å². The van der Waals surface area contributed by atoms with Crippen LogP contribution in [0.3, 0.4) is 0 Å². The number of aromatic nitrogens is 3. The van der Waals surface area contributed by atoms with Gasteiger partial charge in [-0.15, -0.1) is 0 Å². The van der Waals surface area contributed by atoms with E-state index in [-0.39, 0.29) is 18.8 Å². The molecule has 90 valence electrons. The molecule has 0 unspecified atom stereocenters. The summed E-state index contributed by atoms with van der Waals surface area (Å²) in [5, 5.41) is 5.72. The van der Waals surface area contributed by atoms with Crippen molar-refractivity contribution >= 4 is 0 Å². The number of nitrogens with zero attached hydrogens (tertiary/aromatic N) is 2. The summed E-state index contributed by atoms with van der Waals surface area (Å²) in [7, 11) is 0. The average molecular weight is 236 g/mol. The predicted octanol–water partition coefficient (Wildman–Crippen LogP) is 0.625. The first kappa shape index (κ1) is 11.2. The molecule has 5 nitrogen and oxygen atoms in total. The molecule has 1 fully saturated rings. The molecule has 1 saturated heterocycles. The van der Waals surface area contributed by atoms with Crippen LogP contribution in [0.2, 0.25) is 0 Å². The van der Waals surface area contributed by atoms with E-state index in [1.54, 1.807) is 0 Å². The Labute approximate surface area is 88.7 Å². The standard InChI is InChI=1S/C8H11F3N4O/c9-8(10,11)5-2-1-3-15(5)4-6-12-7(16)14-13-6/h5H,1-4H2,(H2,12,13,14,16)/t5-/m0/s1. The summed E-state index contributed by atoms with van der Waals surface area (Å²) in [6.45, 7) is 0.391. The zero-order valence-corrected chi connectivity index (χ0v) is 8.34. The fraction of sp³-hybridized carbons (Fsp3) is 0.750. The molecule has 2 rings (SSSR count). The molecule has 0 aromatic carbocycles. The molecular weight excluding hydrogens is 225 g/mol. The van der Waals surface area contributed by atoms with Crippen LogP contribution < -0.4 is 5.69 Å². The zero-order valence-electron chi connectivity index (χ0n) is 8.34. The average Bonchev–Trinajstić information content (AvgIpc) is 2.74. The van der Waals surface area contributed by atoms with Gasteiger partial charge in [-0.2, -0.15) is 18.3 Å². The molecule has 1 aliphatic heterocycles. The second-order valence-electron chi connectivity index (χ2n) is 3.79. The molecule has 0 amide bonds. The number of halogens is 3. The molecule has 1 aromatic rings. The van der Waals surface area contributed by atoms with E-state index in [9.17, 15) is 18.0 Å². The van der Waals surface area contributed by atoms with Crippen LogP contribution in [0.15, 0.2) is 4.79 Å². The third-order valence-electron chi connectivity index (χ3n) is 2.64. The highest BCUT2D eigenvalue weighted by Crippen LogP contribution is 2.32. The lowest BCUT2D eigenvalue weighted by Crippen LogP contribution is -2.40. The topological polar surface area (TPSA) is 64.8 Å². The molecule has 2 heterocycles. The summed E-state index contributed by atoms with van der Waals surface area (Å²) < 4.78 is 37.7. The van der Waals surface area contributed by atoms with Gasteiger partial charge in [0, 0.05) is 0 Å². The molecule has 0 aliphatic carbocycles. The summed E-state index contributed by atoms with van der Waals surface area (Å²) >= 11 is 0. The van der Waals surface area contributed by atoms with Crippen LogP contribution in [0.1, 0.15) is 18.7 Å². The Morgan fingerprint density at radius 1 is 1.50 bits per heavy atom. The molecular formula is C8H11F3N4O. The molecule has 0 bridgehead atoms. The van der Waals surface area contributed by atoms with Crippen molar-refractivity contribution in [1.29, 1.82) is 0 Å². The lowest BCUT2D eigenvalue weighted by Gasteiger charge is -2.25. The van der Waals surface area contributed by atoms with Gasteiger partial charge in [-0.05, 0) is 19.4 Å². The normalized spacial score (nSPS) is 22.8. The first-order valence-electron chi connectivity index (χ1n) is 4.91. The Hall–Kier alpha value is -1.31. The third kappa shape index (κ3) is 2.26. The number of H-pyrrole nitrogens is 2. The second kappa shape index (κ2) is 3.93. The Morgan fingerprint density at radius 3 is 2.81 bits per heavy atom. The van der Waals surface area contributed by atoms with E-state index in [1.165, 1.54) is 4.90 Å². The van der Waals surface area contributed by atoms with Gasteiger partial charge in [-0.1, -0.05) is 0 Å². The Bertz CT molecular complexity index is 410. The molecule has 1 aromatic heterocycles. The fourth-order valence-electron chi connectivity index (χ4n) is 1.96. The van der Waals surface area contributed by atoms with Crippen LogP contribution in [0.25, 0.3) is 0 Å². The number of alkyl halides is 3. The van der Waals surface area contributed by atoms with Gasteiger partial charge in [-0.25, -0.2) is 9.89 Å². The number of aromatic amines is 2. The van der Waals surface area contributed by atoms with Crippen molar-refractivity contribution in [3.05, 3.63) is 16.3 Å². The number of rotatable bonds is 2. The SMILES string of the molecule is O=c1[nH]nc(CN2CCC[C@H]2C(F)(F)F)[nH]1. The Morgan fingerprint density at radius 2 is 2.25 bits per heavy atom. The molecule has 0 spiro atoms. The van der Waals surface area contributed by atoms with Crippen LogP contribution in [-0.4, -0.2) is 38.8 Å². The van der Waals surface area contributed by atoms with Crippen molar-refractivity contribution < 1.29 is 13.2 Å². The van der Waals surface area contributed by atoms with Gasteiger partial charge in [0.25, 0.3) is 0 Å². The first-order valence-corrected chi connectivity index (χ1v) is 4.91. The Kier molecular flexibility index (Phi) is 2.75. The quantitative estimate of drug-likeness (QED) is 0.791. The van der Waals surface area contributed by atoms with E-state index in [1.807, 2.05) is 0 Å². The van der Waals surface area contributed by atoms with E-state index < -0.39 is 17.9 Å². The molecule has 16 heavy (non-hydrogen) atoms. The van der Waals surface area contributed by atoms with Gasteiger partial charge >= 0.3 is 11.9 Å². The lowest BCUT2D eigenvalue weighted by molar-refractivity contribution is -0.177. The van der Waals surface area contributed by atoms with Gasteiger partial charge in [0.05, 0.1) is 6.54 Å². The second-order valence-corrected chi connectivity index (χ2v) is 3.79. The van der Waals surface area contributed by atoms with Crippen LogP contribution >= 0.6 is 0 Å². The third-order valence-corrected chi connectivity index (χ3v) is 2.64. The highest BCUT2D eigenvalue weighted by Gasteiger charge is 2.45. The van der Waals surface area contributed by atoms with E-state index >= 15 is 0 Å². The smallest absolute Gasteiger partial charge is 0.292 e. The van der Waals surface area contributed by atoms with Gasteiger partial charge in [0.2, 0.25) is 0 Å². The highest BCUT2D eigenvalue weighted by atomic mass is 19.4. The summed E-state index contributed by atoms with van der Waals surface area (Å²) in [6.07, 6.45) is -3.59. The largest absolute Gasteiger partial charge is 0.404 e. The maximum atomic E-state index is 12.6. The minimum absolute atomic E-state index is 0.0168. The number of likely N-dealkylation sites (tertiary alicyclic amines) is 1. The zero-order chi connectivity index (χ0) is 11.8. The van der Waals surface area contributed by atoms with Crippen molar-refractivity contribution in [2.45, 2.75) is 31.6 Å². The summed E-state index contributed by atoms with van der Waals surface area (Å²) in [4.78, 5) is 14.4.